The number of benzene rings is 1. The Morgan fingerprint density at radius 1 is 0.619 bits per heavy atom. The van der Waals surface area contributed by atoms with Crippen LogP contribution in [0.25, 0.3) is 0 Å². The molecule has 1 aromatic carbocycles. The molecule has 1 aromatic rings. The Labute approximate surface area is 136 Å². The fourth-order valence-corrected chi connectivity index (χ4v) is 1.74. The molecular formula is C17H13F3Fe+2. The zero-order chi connectivity index (χ0) is 14.4. The van der Waals surface area contributed by atoms with Gasteiger partial charge in [0.1, 0.15) is 0 Å². The predicted molar refractivity (Wildman–Crippen MR) is 72.5 cm³/mol. The van der Waals surface area contributed by atoms with Gasteiger partial charge >= 0.3 is 23.2 Å². The van der Waals surface area contributed by atoms with Crippen molar-refractivity contribution in [2.75, 3.05) is 0 Å². The summed E-state index contributed by atoms with van der Waals surface area (Å²) in [6.07, 6.45) is 13.2. The molecule has 3 rings (SSSR count). The zero-order valence-electron chi connectivity index (χ0n) is 11.0. The minimum absolute atomic E-state index is 0. The molecule has 2 aliphatic rings. The van der Waals surface area contributed by atoms with Crippen LogP contribution in [0.3, 0.4) is 0 Å². The topological polar surface area (TPSA) is 0 Å². The van der Waals surface area contributed by atoms with E-state index in [0.717, 1.165) is 23.6 Å². The van der Waals surface area contributed by atoms with Crippen molar-refractivity contribution >= 4 is 0 Å². The average Bonchev–Trinajstić information content (AvgIpc) is 3.14. The normalized spacial score (nSPS) is 18.8. The summed E-state index contributed by atoms with van der Waals surface area (Å²) < 4.78 is 36.8. The fourth-order valence-electron chi connectivity index (χ4n) is 1.74. The molecule has 2 saturated carbocycles. The van der Waals surface area contributed by atoms with Gasteiger partial charge in [0.05, 0.1) is 5.56 Å². The van der Waals surface area contributed by atoms with Crippen molar-refractivity contribution in [2.45, 2.75) is 6.18 Å². The van der Waals surface area contributed by atoms with Crippen LogP contribution in [0.2, 0.25) is 0 Å². The quantitative estimate of drug-likeness (QED) is 0.666. The van der Waals surface area contributed by atoms with Crippen molar-refractivity contribution in [3.05, 3.63) is 99.1 Å². The predicted octanol–water partition coefficient (Wildman–Crippen LogP) is 4.48. The Balaban J connectivity index is 0.000000313. The maximum atomic E-state index is 12.3. The molecule has 0 amide bonds. The summed E-state index contributed by atoms with van der Waals surface area (Å²) in [5.74, 6) is 0.934. The van der Waals surface area contributed by atoms with E-state index in [1.165, 1.54) is 12.1 Å². The molecule has 0 atom stereocenters. The Bertz CT molecular complexity index is 380. The van der Waals surface area contributed by atoms with Crippen LogP contribution in [-0.2, 0) is 23.2 Å². The van der Waals surface area contributed by atoms with Crippen molar-refractivity contribution in [2.24, 2.45) is 0 Å². The van der Waals surface area contributed by atoms with E-state index in [1.54, 1.807) is 0 Å². The minimum Gasteiger partial charge on any atom is -0.166 e. The molecule has 0 aromatic heterocycles. The van der Waals surface area contributed by atoms with E-state index in [2.05, 4.69) is 0 Å². The van der Waals surface area contributed by atoms with Crippen LogP contribution in [0.5, 0.6) is 0 Å². The summed E-state index contributed by atoms with van der Waals surface area (Å²) in [7, 11) is 0. The third kappa shape index (κ3) is 6.04. The third-order valence-electron chi connectivity index (χ3n) is 2.76. The van der Waals surface area contributed by atoms with E-state index in [4.69, 9.17) is 0 Å². The van der Waals surface area contributed by atoms with Gasteiger partial charge < -0.3 is 0 Å². The van der Waals surface area contributed by atoms with Gasteiger partial charge in [0.2, 0.25) is 0 Å². The minimum atomic E-state index is -4.26. The van der Waals surface area contributed by atoms with Gasteiger partial charge in [-0.1, -0.05) is 12.1 Å². The average molecular weight is 330 g/mol. The van der Waals surface area contributed by atoms with Gasteiger partial charge in [-0.2, -0.15) is 13.2 Å². The molecule has 2 aliphatic carbocycles. The first-order valence-corrected chi connectivity index (χ1v) is 6.13. The second-order valence-corrected chi connectivity index (χ2v) is 4.21. The largest absolute Gasteiger partial charge is 2.00 e. The van der Waals surface area contributed by atoms with Gasteiger partial charge in [-0.05, 0) is 75.5 Å². The zero-order valence-corrected chi connectivity index (χ0v) is 12.1. The van der Waals surface area contributed by atoms with Gasteiger partial charge in [0.15, 0.2) is 0 Å². The summed E-state index contributed by atoms with van der Waals surface area (Å²) in [4.78, 5) is 0. The summed E-state index contributed by atoms with van der Waals surface area (Å²) in [6.45, 7) is 0. The van der Waals surface area contributed by atoms with E-state index in [1.807, 2.05) is 57.8 Å². The number of hydrogen-bond acceptors (Lipinski definition) is 0. The summed E-state index contributed by atoms with van der Waals surface area (Å²) >= 11 is 0. The van der Waals surface area contributed by atoms with Gasteiger partial charge in [-0.25, -0.2) is 0 Å². The van der Waals surface area contributed by atoms with Crippen LogP contribution in [-0.4, -0.2) is 0 Å². The second kappa shape index (κ2) is 8.85. The molecule has 4 heteroatoms. The molecule has 0 saturated heterocycles. The van der Waals surface area contributed by atoms with Gasteiger partial charge in [-0.15, -0.1) is 0 Å². The van der Waals surface area contributed by atoms with Crippen molar-refractivity contribution in [3.8, 4) is 0 Å². The molecule has 10 radical (unpaired) electrons. The fraction of sp³-hybridized carbons (Fsp3) is 0.0588. The smallest absolute Gasteiger partial charge is 0.166 e. The number of rotatable bonds is 1. The Morgan fingerprint density at radius 2 is 1.05 bits per heavy atom. The molecule has 108 valence electrons. The molecular weight excluding hydrogens is 317 g/mol. The third-order valence-corrected chi connectivity index (χ3v) is 2.76. The van der Waals surface area contributed by atoms with E-state index in [0.29, 0.717) is 0 Å². The van der Waals surface area contributed by atoms with Crippen molar-refractivity contribution < 1.29 is 30.2 Å². The Kier molecular flexibility index (Phi) is 7.83. The van der Waals surface area contributed by atoms with Crippen LogP contribution in [0.1, 0.15) is 11.1 Å². The molecule has 21 heavy (non-hydrogen) atoms. The SMILES string of the molecule is FC(F)(F)c1ccc([C]2[CH][CH][CH][CH]2)cc1.[CH]1[CH][CH][CH][CH]1.[Fe+2]. The maximum absolute atomic E-state index is 12.3. The van der Waals surface area contributed by atoms with Crippen LogP contribution in [0.4, 0.5) is 13.2 Å². The first kappa shape index (κ1) is 18.6. The van der Waals surface area contributed by atoms with E-state index in [9.17, 15) is 13.2 Å². The van der Waals surface area contributed by atoms with Crippen molar-refractivity contribution in [1.29, 1.82) is 0 Å². The van der Waals surface area contributed by atoms with Crippen molar-refractivity contribution in [3.63, 3.8) is 0 Å². The van der Waals surface area contributed by atoms with Crippen LogP contribution in [0.15, 0.2) is 24.3 Å². The Hall–Kier alpha value is -0.471. The number of alkyl halides is 3. The number of hydrogen-bond donors (Lipinski definition) is 0. The monoisotopic (exact) mass is 330 g/mol. The van der Waals surface area contributed by atoms with Crippen LogP contribution >= 0.6 is 0 Å². The Morgan fingerprint density at radius 3 is 1.43 bits per heavy atom. The molecule has 0 N–H and O–H groups in total. The molecule has 0 bridgehead atoms. The summed E-state index contributed by atoms with van der Waals surface area (Å²) in [5.41, 5.74) is 0.186. The molecule has 0 heterocycles. The molecule has 2 fully saturated rings. The van der Waals surface area contributed by atoms with Crippen molar-refractivity contribution in [1.82, 2.24) is 0 Å². The van der Waals surface area contributed by atoms with Gasteiger partial charge in [-0.3, -0.25) is 0 Å². The van der Waals surface area contributed by atoms with Gasteiger partial charge in [0, 0.05) is 5.92 Å². The van der Waals surface area contributed by atoms with E-state index in [-0.39, 0.29) is 17.1 Å². The molecule has 0 unspecified atom stereocenters. The molecule has 0 spiro atoms. The van der Waals surface area contributed by atoms with Crippen LogP contribution < -0.4 is 0 Å². The summed E-state index contributed by atoms with van der Waals surface area (Å²) in [5, 5.41) is 0. The molecule has 0 aliphatic heterocycles. The van der Waals surface area contributed by atoms with E-state index >= 15 is 0 Å². The van der Waals surface area contributed by atoms with E-state index < -0.39 is 11.7 Å². The maximum Gasteiger partial charge on any atom is 2.00 e. The standard InChI is InChI=1S/C12H8F3.C5H5.Fe/c13-12(14,15)11-7-5-10(6-8-11)9-3-1-2-4-9;1-2-4-5-3-1;/h1-8H;1-5H;/q;;+2. The number of halogens is 3. The van der Waals surface area contributed by atoms with Gasteiger partial charge in [0.25, 0.3) is 0 Å². The van der Waals surface area contributed by atoms with Crippen LogP contribution in [0, 0.1) is 63.7 Å². The first-order chi connectivity index (χ1) is 9.57. The molecule has 0 nitrogen and oxygen atoms in total. The second-order valence-electron chi connectivity index (χ2n) is 4.21. The summed E-state index contributed by atoms with van der Waals surface area (Å²) in [6, 6.07) is 5.17. The first-order valence-electron chi connectivity index (χ1n) is 6.13.